The fraction of sp³-hybridized carbons (Fsp3) is 0.714. The van der Waals surface area contributed by atoms with Crippen LogP contribution in [-0.2, 0) is 20.6 Å². The van der Waals surface area contributed by atoms with Gasteiger partial charge in [-0.25, -0.2) is 0 Å². The lowest BCUT2D eigenvalue weighted by atomic mass is 9.77. The summed E-state index contributed by atoms with van der Waals surface area (Å²) >= 11 is 0. The summed E-state index contributed by atoms with van der Waals surface area (Å²) in [5.41, 5.74) is 1.47. The highest BCUT2D eigenvalue weighted by Crippen LogP contribution is 2.37. The fourth-order valence-corrected chi connectivity index (χ4v) is 3.80. The molecule has 0 amide bonds. The van der Waals surface area contributed by atoms with E-state index in [0.29, 0.717) is 5.92 Å². The van der Waals surface area contributed by atoms with Gasteiger partial charge in [0.25, 0.3) is 0 Å². The van der Waals surface area contributed by atoms with Gasteiger partial charge in [0.05, 0.1) is 24.9 Å². The van der Waals surface area contributed by atoms with Crippen molar-refractivity contribution in [3.05, 3.63) is 23.8 Å². The second kappa shape index (κ2) is 8.12. The Kier molecular flexibility index (Phi) is 6.21. The van der Waals surface area contributed by atoms with Crippen LogP contribution in [0.2, 0.25) is 0 Å². The first-order valence-corrected chi connectivity index (χ1v) is 10.0. The molecule has 1 aromatic rings. The first kappa shape index (κ1) is 20.7. The third-order valence-electron chi connectivity index (χ3n) is 6.08. The van der Waals surface area contributed by atoms with Gasteiger partial charge in [0, 0.05) is 25.2 Å². The molecule has 2 heterocycles. The summed E-state index contributed by atoms with van der Waals surface area (Å²) in [6.07, 6.45) is 2.43. The quantitative estimate of drug-likeness (QED) is 0.716. The van der Waals surface area contributed by atoms with Crippen LogP contribution in [0.25, 0.3) is 0 Å². The number of nitrogens with zero attached hydrogens (tertiary/aromatic N) is 1. The molecule has 0 N–H and O–H groups in total. The molecule has 0 aromatic heterocycles. The molecule has 1 unspecified atom stereocenters. The minimum absolute atomic E-state index is 0.365. The van der Waals surface area contributed by atoms with Gasteiger partial charge in [0.15, 0.2) is 0 Å². The Morgan fingerprint density at radius 2 is 1.89 bits per heavy atom. The van der Waals surface area contributed by atoms with E-state index < -0.39 is 7.12 Å². The van der Waals surface area contributed by atoms with Crippen molar-refractivity contribution in [2.45, 2.75) is 58.3 Å². The molecular weight excluding hydrogens is 341 g/mol. The Morgan fingerprint density at radius 1 is 1.19 bits per heavy atom. The molecule has 0 saturated carbocycles. The van der Waals surface area contributed by atoms with Crippen molar-refractivity contribution in [1.29, 1.82) is 0 Å². The molecule has 1 aromatic carbocycles. The van der Waals surface area contributed by atoms with Crippen molar-refractivity contribution >= 4 is 12.6 Å². The van der Waals surface area contributed by atoms with Crippen LogP contribution >= 0.6 is 0 Å². The molecule has 1 atom stereocenters. The van der Waals surface area contributed by atoms with Gasteiger partial charge in [-0.05, 0) is 65.1 Å². The zero-order valence-electron chi connectivity index (χ0n) is 17.7. The second-order valence-corrected chi connectivity index (χ2v) is 8.94. The first-order chi connectivity index (χ1) is 12.7. The first-order valence-electron chi connectivity index (χ1n) is 10.0. The van der Waals surface area contributed by atoms with E-state index >= 15 is 0 Å². The fourth-order valence-electron chi connectivity index (χ4n) is 3.80. The van der Waals surface area contributed by atoms with Crippen LogP contribution in [0.5, 0.6) is 5.75 Å². The van der Waals surface area contributed by atoms with Crippen LogP contribution in [0.15, 0.2) is 18.2 Å². The molecule has 150 valence electrons. The number of hydrogen-bond acceptors (Lipinski definition) is 5. The maximum atomic E-state index is 6.24. The molecule has 5 nitrogen and oxygen atoms in total. The van der Waals surface area contributed by atoms with Crippen molar-refractivity contribution < 1.29 is 18.8 Å². The Hall–Kier alpha value is -1.08. The van der Waals surface area contributed by atoms with Crippen LogP contribution in [0, 0.1) is 5.92 Å². The summed E-state index contributed by atoms with van der Waals surface area (Å²) in [6, 6.07) is 6.31. The molecule has 2 saturated heterocycles. The Bertz CT molecular complexity index is 627. The number of methoxy groups -OCH3 is 1. The minimum atomic E-state index is -0.415. The van der Waals surface area contributed by atoms with E-state index in [0.717, 1.165) is 37.5 Å². The number of ether oxygens (including phenoxy) is 2. The van der Waals surface area contributed by atoms with Crippen molar-refractivity contribution in [3.63, 3.8) is 0 Å². The molecule has 2 aliphatic heterocycles. The highest BCUT2D eigenvalue weighted by atomic mass is 16.7. The van der Waals surface area contributed by atoms with Crippen molar-refractivity contribution in [2.75, 3.05) is 33.9 Å². The average Bonchev–Trinajstić information content (AvgIpc) is 2.83. The molecule has 2 aliphatic rings. The smallest absolute Gasteiger partial charge is 0.497 e. The van der Waals surface area contributed by atoms with E-state index in [1.165, 1.54) is 18.4 Å². The summed E-state index contributed by atoms with van der Waals surface area (Å²) in [5.74, 6) is 1.44. The van der Waals surface area contributed by atoms with Crippen LogP contribution in [0.1, 0.15) is 46.1 Å². The zero-order valence-corrected chi connectivity index (χ0v) is 17.7. The maximum Gasteiger partial charge on any atom is 0.498 e. The topological polar surface area (TPSA) is 40.2 Å². The highest BCUT2D eigenvalue weighted by Gasteiger charge is 2.52. The summed E-state index contributed by atoms with van der Waals surface area (Å²) in [6.45, 7) is 12.0. The molecule has 3 rings (SSSR count). The molecule has 0 spiro atoms. The summed E-state index contributed by atoms with van der Waals surface area (Å²) in [7, 11) is 3.45. The molecule has 2 fully saturated rings. The highest BCUT2D eigenvalue weighted by molar-refractivity contribution is 6.63. The third-order valence-corrected chi connectivity index (χ3v) is 6.08. The molecule has 27 heavy (non-hydrogen) atoms. The lowest BCUT2D eigenvalue weighted by Crippen LogP contribution is -2.41. The van der Waals surface area contributed by atoms with Gasteiger partial charge in [-0.1, -0.05) is 12.1 Å². The van der Waals surface area contributed by atoms with E-state index in [2.05, 4.69) is 51.8 Å². The van der Waals surface area contributed by atoms with Crippen molar-refractivity contribution in [1.82, 2.24) is 4.90 Å². The molecule has 0 radical (unpaired) electrons. The van der Waals surface area contributed by atoms with Crippen molar-refractivity contribution in [2.24, 2.45) is 5.92 Å². The van der Waals surface area contributed by atoms with Gasteiger partial charge >= 0.3 is 7.12 Å². The van der Waals surface area contributed by atoms with Crippen LogP contribution in [0.3, 0.4) is 0 Å². The van der Waals surface area contributed by atoms with E-state index in [1.807, 2.05) is 6.07 Å². The van der Waals surface area contributed by atoms with Crippen LogP contribution in [-0.4, -0.2) is 57.1 Å². The summed E-state index contributed by atoms with van der Waals surface area (Å²) < 4.78 is 23.7. The van der Waals surface area contributed by atoms with Gasteiger partial charge in [-0.3, -0.25) is 0 Å². The lowest BCUT2D eigenvalue weighted by molar-refractivity contribution is 0.00578. The standard InChI is InChI=1S/C21H34BNO4/c1-20(2)21(3,4)27-22(26-20)18-12-16(9-10-19(18)24-6)13-23(5)14-17-8-7-11-25-15-17/h9-10,12,17H,7-8,11,13-15H2,1-6H3. The molecule has 6 heteroatoms. The van der Waals surface area contributed by atoms with Gasteiger partial charge in [-0.15, -0.1) is 0 Å². The predicted molar refractivity (Wildman–Crippen MR) is 109 cm³/mol. The Labute approximate surface area is 164 Å². The Morgan fingerprint density at radius 3 is 2.48 bits per heavy atom. The van der Waals surface area contributed by atoms with Gasteiger partial charge < -0.3 is 23.7 Å². The average molecular weight is 375 g/mol. The van der Waals surface area contributed by atoms with E-state index in [4.69, 9.17) is 18.8 Å². The summed E-state index contributed by atoms with van der Waals surface area (Å²) in [4.78, 5) is 2.37. The Balaban J connectivity index is 1.72. The van der Waals surface area contributed by atoms with Gasteiger partial charge in [-0.2, -0.15) is 0 Å². The minimum Gasteiger partial charge on any atom is -0.497 e. The van der Waals surface area contributed by atoms with E-state index in [-0.39, 0.29) is 11.2 Å². The van der Waals surface area contributed by atoms with Crippen molar-refractivity contribution in [3.8, 4) is 5.75 Å². The lowest BCUT2D eigenvalue weighted by Gasteiger charge is -2.32. The second-order valence-electron chi connectivity index (χ2n) is 8.94. The van der Waals surface area contributed by atoms with E-state index in [1.54, 1.807) is 7.11 Å². The largest absolute Gasteiger partial charge is 0.498 e. The SMILES string of the molecule is COc1ccc(CN(C)CC2CCCOC2)cc1B1OC(C)(C)C(C)(C)O1. The van der Waals surface area contributed by atoms with Gasteiger partial charge in [0.1, 0.15) is 5.75 Å². The third kappa shape index (κ3) is 4.68. The maximum absolute atomic E-state index is 6.24. The molecular formula is C21H34BNO4. The zero-order chi connectivity index (χ0) is 19.7. The molecule has 0 bridgehead atoms. The molecule has 0 aliphatic carbocycles. The normalized spacial score (nSPS) is 24.4. The monoisotopic (exact) mass is 375 g/mol. The predicted octanol–water partition coefficient (Wildman–Crippen LogP) is 2.85. The number of hydrogen-bond donors (Lipinski definition) is 0. The number of benzene rings is 1. The number of rotatable bonds is 6. The summed E-state index contributed by atoms with van der Waals surface area (Å²) in [5, 5.41) is 0. The van der Waals surface area contributed by atoms with Crippen LogP contribution < -0.4 is 10.2 Å². The van der Waals surface area contributed by atoms with Crippen LogP contribution in [0.4, 0.5) is 0 Å². The van der Waals surface area contributed by atoms with Gasteiger partial charge in [0.2, 0.25) is 0 Å². The van der Waals surface area contributed by atoms with E-state index in [9.17, 15) is 0 Å².